The number of hydrogen-bond acceptors (Lipinski definition) is 1. The molecule has 1 N–H and O–H groups in total. The van der Waals surface area contributed by atoms with E-state index in [9.17, 15) is 4.39 Å². The van der Waals surface area contributed by atoms with Gasteiger partial charge in [-0.3, -0.25) is 0 Å². The van der Waals surface area contributed by atoms with E-state index in [-0.39, 0.29) is 12.0 Å². The first-order valence-electron chi connectivity index (χ1n) is 6.78. The molecule has 1 saturated heterocycles. The minimum atomic E-state index is -0.652. The van der Waals surface area contributed by atoms with Gasteiger partial charge in [-0.2, -0.15) is 0 Å². The van der Waals surface area contributed by atoms with Gasteiger partial charge >= 0.3 is 0 Å². The third kappa shape index (κ3) is 2.37. The Morgan fingerprint density at radius 1 is 1.18 bits per heavy atom. The van der Waals surface area contributed by atoms with Crippen molar-refractivity contribution in [2.75, 3.05) is 6.54 Å². The molecule has 1 saturated carbocycles. The lowest BCUT2D eigenvalue weighted by molar-refractivity contribution is 0.192. The minimum Gasteiger partial charge on any atom is -0.311 e. The Bertz CT molecular complexity index is 358. The van der Waals surface area contributed by atoms with Crippen LogP contribution in [-0.2, 0) is 0 Å². The van der Waals surface area contributed by atoms with E-state index in [4.69, 9.17) is 0 Å². The molecule has 0 aromatic heterocycles. The molecule has 1 aromatic rings. The van der Waals surface area contributed by atoms with Crippen molar-refractivity contribution >= 4 is 0 Å². The monoisotopic (exact) mass is 233 g/mol. The Morgan fingerprint density at radius 3 is 2.71 bits per heavy atom. The third-order valence-corrected chi connectivity index (χ3v) is 4.21. The van der Waals surface area contributed by atoms with Gasteiger partial charge in [0.25, 0.3) is 0 Å². The van der Waals surface area contributed by atoms with Gasteiger partial charge in [0.1, 0.15) is 6.17 Å². The maximum absolute atomic E-state index is 14.3. The molecule has 17 heavy (non-hydrogen) atoms. The largest absolute Gasteiger partial charge is 0.311 e. The van der Waals surface area contributed by atoms with Gasteiger partial charge in [-0.1, -0.05) is 36.8 Å². The molecule has 0 spiro atoms. The summed E-state index contributed by atoms with van der Waals surface area (Å²) in [5.41, 5.74) is 1.32. The first kappa shape index (κ1) is 11.2. The van der Waals surface area contributed by atoms with Gasteiger partial charge < -0.3 is 5.32 Å². The fraction of sp³-hybridized carbons (Fsp3) is 0.600. The lowest BCUT2D eigenvalue weighted by Crippen LogP contribution is -2.42. The van der Waals surface area contributed by atoms with Gasteiger partial charge in [-0.05, 0) is 43.2 Å². The Hall–Kier alpha value is -0.890. The number of benzene rings is 1. The van der Waals surface area contributed by atoms with E-state index in [1.54, 1.807) is 0 Å². The van der Waals surface area contributed by atoms with Crippen LogP contribution in [0.3, 0.4) is 0 Å². The van der Waals surface area contributed by atoms with E-state index in [0.29, 0.717) is 5.92 Å². The summed E-state index contributed by atoms with van der Waals surface area (Å²) >= 11 is 0. The average Bonchev–Trinajstić information content (AvgIpc) is 3.20. The Balaban J connectivity index is 1.60. The van der Waals surface area contributed by atoms with Crippen LogP contribution >= 0.6 is 0 Å². The first-order valence-corrected chi connectivity index (χ1v) is 6.78. The Morgan fingerprint density at radius 2 is 2.00 bits per heavy atom. The molecule has 0 bridgehead atoms. The molecule has 1 aliphatic carbocycles. The fourth-order valence-corrected chi connectivity index (χ4v) is 3.10. The van der Waals surface area contributed by atoms with Crippen molar-refractivity contribution in [3.63, 3.8) is 0 Å². The molecule has 4 unspecified atom stereocenters. The summed E-state index contributed by atoms with van der Waals surface area (Å²) in [7, 11) is 0. The van der Waals surface area contributed by atoms with Gasteiger partial charge in [0, 0.05) is 6.04 Å². The van der Waals surface area contributed by atoms with E-state index in [0.717, 1.165) is 19.4 Å². The summed E-state index contributed by atoms with van der Waals surface area (Å²) in [4.78, 5) is 0. The summed E-state index contributed by atoms with van der Waals surface area (Å²) in [5.74, 6) is 0.725. The molecule has 2 fully saturated rings. The van der Waals surface area contributed by atoms with Crippen LogP contribution in [0.2, 0.25) is 0 Å². The summed E-state index contributed by atoms with van der Waals surface area (Å²) in [5, 5.41) is 3.34. The average molecular weight is 233 g/mol. The van der Waals surface area contributed by atoms with Crippen molar-refractivity contribution in [2.45, 2.75) is 43.8 Å². The molecule has 92 valence electrons. The van der Waals surface area contributed by atoms with Crippen molar-refractivity contribution in [3.05, 3.63) is 35.9 Å². The number of alkyl halides is 1. The van der Waals surface area contributed by atoms with Crippen LogP contribution < -0.4 is 5.32 Å². The van der Waals surface area contributed by atoms with Crippen LogP contribution in [0, 0.1) is 5.92 Å². The topological polar surface area (TPSA) is 12.0 Å². The van der Waals surface area contributed by atoms with E-state index < -0.39 is 6.17 Å². The normalized spacial score (nSPS) is 34.3. The Labute approximate surface area is 102 Å². The second-order valence-corrected chi connectivity index (χ2v) is 5.42. The number of rotatable bonds is 3. The Kier molecular flexibility index (Phi) is 3.15. The van der Waals surface area contributed by atoms with Crippen molar-refractivity contribution in [1.82, 2.24) is 5.32 Å². The second-order valence-electron chi connectivity index (χ2n) is 5.42. The van der Waals surface area contributed by atoms with Gasteiger partial charge in [0.05, 0.1) is 0 Å². The third-order valence-electron chi connectivity index (χ3n) is 4.21. The predicted molar refractivity (Wildman–Crippen MR) is 67.8 cm³/mol. The molecular formula is C15H20FN. The van der Waals surface area contributed by atoms with Crippen LogP contribution in [0.5, 0.6) is 0 Å². The van der Waals surface area contributed by atoms with Crippen LogP contribution in [-0.4, -0.2) is 18.8 Å². The molecule has 2 heteroatoms. The maximum Gasteiger partial charge on any atom is 0.119 e. The standard InChI is InChI=1S/C15H20FN/c16-15(14-8-4-5-9-17-14)13-10-12(13)11-6-2-1-3-7-11/h1-3,6-7,12-15,17H,4-5,8-10H2. The van der Waals surface area contributed by atoms with Crippen LogP contribution in [0.1, 0.15) is 37.2 Å². The molecule has 0 amide bonds. The molecule has 2 aliphatic rings. The number of nitrogens with one attached hydrogen (secondary N) is 1. The zero-order valence-electron chi connectivity index (χ0n) is 10.1. The van der Waals surface area contributed by atoms with Crippen molar-refractivity contribution in [1.29, 1.82) is 0 Å². The van der Waals surface area contributed by atoms with Gasteiger partial charge in [-0.15, -0.1) is 0 Å². The summed E-state index contributed by atoms with van der Waals surface area (Å²) < 4.78 is 14.3. The van der Waals surface area contributed by atoms with Crippen LogP contribution in [0.15, 0.2) is 30.3 Å². The van der Waals surface area contributed by atoms with Crippen LogP contribution in [0.25, 0.3) is 0 Å². The van der Waals surface area contributed by atoms with Gasteiger partial charge in [0.15, 0.2) is 0 Å². The zero-order valence-corrected chi connectivity index (χ0v) is 10.1. The highest BCUT2D eigenvalue weighted by molar-refractivity contribution is 5.26. The molecule has 1 aromatic carbocycles. The highest BCUT2D eigenvalue weighted by Crippen LogP contribution is 2.51. The summed E-state index contributed by atoms with van der Waals surface area (Å²) in [6.45, 7) is 0.994. The minimum absolute atomic E-state index is 0.113. The second kappa shape index (κ2) is 4.77. The van der Waals surface area contributed by atoms with Crippen molar-refractivity contribution in [3.8, 4) is 0 Å². The molecular weight excluding hydrogens is 213 g/mol. The number of piperidine rings is 1. The SMILES string of the molecule is FC(C1CCCCN1)C1CC1c1ccccc1. The van der Waals surface area contributed by atoms with Crippen molar-refractivity contribution < 1.29 is 4.39 Å². The van der Waals surface area contributed by atoms with E-state index in [2.05, 4.69) is 29.6 Å². The highest BCUT2D eigenvalue weighted by Gasteiger charge is 2.47. The van der Waals surface area contributed by atoms with Crippen LogP contribution in [0.4, 0.5) is 4.39 Å². The highest BCUT2D eigenvalue weighted by atomic mass is 19.1. The zero-order chi connectivity index (χ0) is 11.7. The summed E-state index contributed by atoms with van der Waals surface area (Å²) in [6, 6.07) is 10.5. The van der Waals surface area contributed by atoms with Crippen molar-refractivity contribution in [2.24, 2.45) is 5.92 Å². The van der Waals surface area contributed by atoms with E-state index in [1.165, 1.54) is 18.4 Å². The number of hydrogen-bond donors (Lipinski definition) is 1. The quantitative estimate of drug-likeness (QED) is 0.845. The molecule has 3 rings (SSSR count). The predicted octanol–water partition coefficient (Wildman–Crippen LogP) is 3.27. The first-order chi connectivity index (χ1) is 8.36. The molecule has 0 radical (unpaired) electrons. The van der Waals surface area contributed by atoms with Gasteiger partial charge in [-0.25, -0.2) is 4.39 Å². The fourth-order valence-electron chi connectivity index (χ4n) is 3.10. The van der Waals surface area contributed by atoms with E-state index in [1.807, 2.05) is 6.07 Å². The van der Waals surface area contributed by atoms with E-state index >= 15 is 0 Å². The molecule has 1 heterocycles. The summed E-state index contributed by atoms with van der Waals surface area (Å²) in [6.07, 6.45) is 3.78. The molecule has 1 aliphatic heterocycles. The maximum atomic E-state index is 14.3. The van der Waals surface area contributed by atoms with Gasteiger partial charge in [0.2, 0.25) is 0 Å². The number of halogens is 1. The lowest BCUT2D eigenvalue weighted by Gasteiger charge is -2.26. The smallest absolute Gasteiger partial charge is 0.119 e. The molecule has 1 nitrogen and oxygen atoms in total. The molecule has 4 atom stereocenters. The lowest BCUT2D eigenvalue weighted by atomic mass is 9.96.